The van der Waals surface area contributed by atoms with Gasteiger partial charge in [-0.1, -0.05) is 48.0 Å². The summed E-state index contributed by atoms with van der Waals surface area (Å²) >= 11 is 5.90. The minimum atomic E-state index is -1.22. The van der Waals surface area contributed by atoms with Gasteiger partial charge in [0.1, 0.15) is 0 Å². The Morgan fingerprint density at radius 1 is 1.07 bits per heavy atom. The highest BCUT2D eigenvalue weighted by atomic mass is 35.5. The minimum absolute atomic E-state index is 0.358. The smallest absolute Gasteiger partial charge is 0.260 e. The molecule has 0 aliphatic carbocycles. The van der Waals surface area contributed by atoms with Crippen molar-refractivity contribution in [2.24, 2.45) is 0 Å². The summed E-state index contributed by atoms with van der Waals surface area (Å²) < 4.78 is 0. The lowest BCUT2D eigenvalue weighted by Gasteiger charge is -2.26. The highest BCUT2D eigenvalue weighted by Gasteiger charge is 2.25. The van der Waals surface area contributed by atoms with Gasteiger partial charge in [-0.25, -0.2) is 0 Å². The SMILES string of the molecule is Cc1ccc(N(CCc2ccc(Cl)cn2)C(=O)[C@@H](O)c2ccccc2)cc1C. The second kappa shape index (κ2) is 9.00. The van der Waals surface area contributed by atoms with Crippen molar-refractivity contribution < 1.29 is 9.90 Å². The van der Waals surface area contributed by atoms with Gasteiger partial charge < -0.3 is 10.0 Å². The second-order valence-corrected chi connectivity index (χ2v) is 7.23. The third-order valence-electron chi connectivity index (χ3n) is 4.80. The van der Waals surface area contributed by atoms with E-state index in [9.17, 15) is 9.90 Å². The summed E-state index contributed by atoms with van der Waals surface area (Å²) in [5.41, 5.74) is 4.41. The highest BCUT2D eigenvalue weighted by Crippen LogP contribution is 2.24. The van der Waals surface area contributed by atoms with E-state index in [0.717, 1.165) is 22.5 Å². The predicted molar refractivity (Wildman–Crippen MR) is 113 cm³/mol. The summed E-state index contributed by atoms with van der Waals surface area (Å²) in [6, 6.07) is 18.5. The molecule has 0 aliphatic heterocycles. The molecule has 0 saturated carbocycles. The van der Waals surface area contributed by atoms with Crippen LogP contribution in [0.1, 0.15) is 28.5 Å². The fraction of sp³-hybridized carbons (Fsp3) is 0.217. The number of aliphatic hydroxyl groups is 1. The van der Waals surface area contributed by atoms with Gasteiger partial charge in [0, 0.05) is 30.5 Å². The molecule has 2 aromatic carbocycles. The van der Waals surface area contributed by atoms with Crippen molar-refractivity contribution in [1.82, 2.24) is 4.98 Å². The Balaban J connectivity index is 1.87. The molecule has 0 aliphatic rings. The molecule has 0 bridgehead atoms. The average molecular weight is 395 g/mol. The lowest BCUT2D eigenvalue weighted by Crippen LogP contribution is -2.37. The van der Waals surface area contributed by atoms with Gasteiger partial charge in [-0.05, 0) is 54.8 Å². The summed E-state index contributed by atoms with van der Waals surface area (Å²) in [4.78, 5) is 19.1. The molecule has 1 heterocycles. The first-order chi connectivity index (χ1) is 13.5. The highest BCUT2D eigenvalue weighted by molar-refractivity contribution is 6.30. The Labute approximate surface area is 170 Å². The number of rotatable bonds is 6. The summed E-state index contributed by atoms with van der Waals surface area (Å²) in [6.07, 6.45) is 0.927. The van der Waals surface area contributed by atoms with Crippen LogP contribution in [0, 0.1) is 13.8 Å². The van der Waals surface area contributed by atoms with Gasteiger partial charge >= 0.3 is 0 Å². The zero-order valence-electron chi connectivity index (χ0n) is 16.0. The van der Waals surface area contributed by atoms with Crippen molar-refractivity contribution in [2.45, 2.75) is 26.4 Å². The fourth-order valence-electron chi connectivity index (χ4n) is 2.97. The van der Waals surface area contributed by atoms with E-state index in [-0.39, 0.29) is 5.91 Å². The number of aliphatic hydroxyl groups excluding tert-OH is 1. The van der Waals surface area contributed by atoms with Gasteiger partial charge in [0.2, 0.25) is 0 Å². The van der Waals surface area contributed by atoms with Crippen molar-refractivity contribution in [3.05, 3.63) is 94.3 Å². The van der Waals surface area contributed by atoms with E-state index in [4.69, 9.17) is 11.6 Å². The zero-order chi connectivity index (χ0) is 20.1. The molecule has 0 saturated heterocycles. The quantitative estimate of drug-likeness (QED) is 0.661. The molecule has 1 atom stereocenters. The molecule has 144 valence electrons. The summed E-state index contributed by atoms with van der Waals surface area (Å²) in [7, 11) is 0. The van der Waals surface area contributed by atoms with Crippen LogP contribution in [0.4, 0.5) is 5.69 Å². The monoisotopic (exact) mass is 394 g/mol. The number of carbonyl (C=O) groups is 1. The van der Waals surface area contributed by atoms with Crippen LogP contribution in [-0.2, 0) is 11.2 Å². The standard InChI is InChI=1S/C23H23ClN2O2/c1-16-8-11-21(14-17(16)2)26(13-12-20-10-9-19(24)15-25-20)23(28)22(27)18-6-4-3-5-7-18/h3-11,14-15,22,27H,12-13H2,1-2H3/t22-/m0/s1. The van der Waals surface area contributed by atoms with E-state index < -0.39 is 6.10 Å². The molecule has 3 rings (SSSR count). The molecule has 28 heavy (non-hydrogen) atoms. The number of anilines is 1. The molecule has 4 nitrogen and oxygen atoms in total. The molecule has 5 heteroatoms. The molecule has 3 aromatic rings. The Kier molecular flexibility index (Phi) is 6.45. The third kappa shape index (κ3) is 4.77. The van der Waals surface area contributed by atoms with E-state index in [2.05, 4.69) is 4.98 Å². The Bertz CT molecular complexity index is 943. The first kappa shape index (κ1) is 20.1. The first-order valence-corrected chi connectivity index (χ1v) is 9.55. The normalized spacial score (nSPS) is 11.9. The van der Waals surface area contributed by atoms with Gasteiger partial charge in [0.25, 0.3) is 5.91 Å². The summed E-state index contributed by atoms with van der Waals surface area (Å²) in [6.45, 7) is 4.44. The van der Waals surface area contributed by atoms with Gasteiger partial charge in [0.05, 0.1) is 5.02 Å². The third-order valence-corrected chi connectivity index (χ3v) is 5.02. The first-order valence-electron chi connectivity index (χ1n) is 9.18. The Morgan fingerprint density at radius 3 is 2.46 bits per heavy atom. The molecule has 1 aromatic heterocycles. The number of hydrogen-bond donors (Lipinski definition) is 1. The number of hydrogen-bond acceptors (Lipinski definition) is 3. The number of benzene rings is 2. The van der Waals surface area contributed by atoms with Gasteiger partial charge in [0.15, 0.2) is 6.10 Å². The summed E-state index contributed by atoms with van der Waals surface area (Å²) in [5.74, 6) is -0.358. The van der Waals surface area contributed by atoms with Crippen LogP contribution in [-0.4, -0.2) is 22.5 Å². The van der Waals surface area contributed by atoms with Crippen LogP contribution in [0.5, 0.6) is 0 Å². The van der Waals surface area contributed by atoms with Crippen LogP contribution in [0.25, 0.3) is 0 Å². The van der Waals surface area contributed by atoms with Crippen molar-refractivity contribution in [3.63, 3.8) is 0 Å². The zero-order valence-corrected chi connectivity index (χ0v) is 16.7. The lowest BCUT2D eigenvalue weighted by atomic mass is 10.1. The van der Waals surface area contributed by atoms with Crippen molar-refractivity contribution in [3.8, 4) is 0 Å². The average Bonchev–Trinajstić information content (AvgIpc) is 2.72. The Morgan fingerprint density at radius 2 is 1.82 bits per heavy atom. The fourth-order valence-corrected chi connectivity index (χ4v) is 3.08. The van der Waals surface area contributed by atoms with Gasteiger partial charge in [-0.3, -0.25) is 9.78 Å². The maximum atomic E-state index is 13.2. The number of nitrogens with zero attached hydrogens (tertiary/aromatic N) is 2. The number of aryl methyl sites for hydroxylation is 2. The van der Waals surface area contributed by atoms with Crippen LogP contribution in [0.3, 0.4) is 0 Å². The molecule has 0 fully saturated rings. The molecule has 0 unspecified atom stereocenters. The van der Waals surface area contributed by atoms with E-state index in [1.807, 2.05) is 56.3 Å². The number of carbonyl (C=O) groups excluding carboxylic acids is 1. The molecule has 1 N–H and O–H groups in total. The maximum absolute atomic E-state index is 13.2. The molecule has 0 spiro atoms. The van der Waals surface area contributed by atoms with Crippen molar-refractivity contribution in [1.29, 1.82) is 0 Å². The van der Waals surface area contributed by atoms with Crippen LogP contribution >= 0.6 is 11.6 Å². The minimum Gasteiger partial charge on any atom is -0.378 e. The van der Waals surface area contributed by atoms with Gasteiger partial charge in [-0.15, -0.1) is 0 Å². The Hall–Kier alpha value is -2.69. The second-order valence-electron chi connectivity index (χ2n) is 6.79. The van der Waals surface area contributed by atoms with Crippen molar-refractivity contribution in [2.75, 3.05) is 11.4 Å². The van der Waals surface area contributed by atoms with Gasteiger partial charge in [-0.2, -0.15) is 0 Å². The number of halogens is 1. The number of aromatic nitrogens is 1. The van der Waals surface area contributed by atoms with E-state index in [1.165, 1.54) is 0 Å². The van der Waals surface area contributed by atoms with E-state index >= 15 is 0 Å². The van der Waals surface area contributed by atoms with E-state index in [0.29, 0.717) is 23.6 Å². The number of pyridine rings is 1. The maximum Gasteiger partial charge on any atom is 0.260 e. The topological polar surface area (TPSA) is 53.4 Å². The molecule has 1 amide bonds. The lowest BCUT2D eigenvalue weighted by molar-refractivity contribution is -0.126. The molecular weight excluding hydrogens is 372 g/mol. The largest absolute Gasteiger partial charge is 0.378 e. The van der Waals surface area contributed by atoms with Crippen LogP contribution in [0.15, 0.2) is 66.9 Å². The van der Waals surface area contributed by atoms with Crippen LogP contribution in [0.2, 0.25) is 5.02 Å². The molecule has 0 radical (unpaired) electrons. The number of amides is 1. The summed E-state index contributed by atoms with van der Waals surface area (Å²) in [5, 5.41) is 11.2. The van der Waals surface area contributed by atoms with Crippen LogP contribution < -0.4 is 4.90 Å². The van der Waals surface area contributed by atoms with E-state index in [1.54, 1.807) is 29.3 Å². The molecular formula is C23H23ClN2O2. The predicted octanol–water partition coefficient (Wildman–Crippen LogP) is 4.66. The van der Waals surface area contributed by atoms with Crippen molar-refractivity contribution >= 4 is 23.2 Å².